The normalized spacial score (nSPS) is 12.6. The molecule has 0 spiro atoms. The minimum atomic E-state index is 0.679. The molecule has 0 unspecified atom stereocenters. The fraction of sp³-hybridized carbons (Fsp3) is 0.200. The second-order valence-corrected chi connectivity index (χ2v) is 2.91. The maximum Gasteiger partial charge on any atom is 0.0449 e. The van der Waals surface area contributed by atoms with Crippen LogP contribution in [0.1, 0.15) is 13.8 Å². The molecule has 0 bridgehead atoms. The summed E-state index contributed by atoms with van der Waals surface area (Å²) in [5, 5.41) is 3.65. The standard InChI is InChI=1S/C10H14ClN/c1-5-6-10(11)9(4)7-12-8(2)3/h5-7,12H,1-2H2,3-4H3/b9-7-,10-6+. The molecule has 0 aromatic carbocycles. The Labute approximate surface area is 79.1 Å². The Morgan fingerprint density at radius 2 is 2.00 bits per heavy atom. The van der Waals surface area contributed by atoms with Crippen LogP contribution in [0.4, 0.5) is 0 Å². The van der Waals surface area contributed by atoms with Crippen molar-refractivity contribution < 1.29 is 0 Å². The van der Waals surface area contributed by atoms with Gasteiger partial charge in [-0.2, -0.15) is 0 Å². The average molecular weight is 184 g/mol. The van der Waals surface area contributed by atoms with Crippen LogP contribution in [0.3, 0.4) is 0 Å². The first kappa shape index (κ1) is 11.1. The monoisotopic (exact) mass is 183 g/mol. The molecule has 0 aromatic heterocycles. The molecule has 0 aliphatic heterocycles. The number of allylic oxidation sites excluding steroid dienone is 5. The van der Waals surface area contributed by atoms with Crippen LogP contribution in [0.5, 0.6) is 0 Å². The van der Waals surface area contributed by atoms with Crippen molar-refractivity contribution in [3.8, 4) is 0 Å². The molecule has 0 aliphatic carbocycles. The molecule has 0 saturated carbocycles. The van der Waals surface area contributed by atoms with Gasteiger partial charge in [-0.1, -0.05) is 30.8 Å². The van der Waals surface area contributed by atoms with Crippen molar-refractivity contribution in [2.24, 2.45) is 0 Å². The van der Waals surface area contributed by atoms with Gasteiger partial charge < -0.3 is 5.32 Å². The van der Waals surface area contributed by atoms with E-state index < -0.39 is 0 Å². The number of hydrogen-bond donors (Lipinski definition) is 1. The van der Waals surface area contributed by atoms with Crippen molar-refractivity contribution in [1.82, 2.24) is 5.32 Å². The first-order valence-corrected chi connectivity index (χ1v) is 4.03. The molecule has 0 atom stereocenters. The fourth-order valence-electron chi connectivity index (χ4n) is 0.535. The van der Waals surface area contributed by atoms with Crippen molar-refractivity contribution in [3.63, 3.8) is 0 Å². The van der Waals surface area contributed by atoms with Crippen LogP contribution in [0.25, 0.3) is 0 Å². The van der Waals surface area contributed by atoms with E-state index in [1.807, 2.05) is 20.0 Å². The molecular formula is C10H14ClN. The Hall–Kier alpha value is -0.950. The summed E-state index contributed by atoms with van der Waals surface area (Å²) in [5.41, 5.74) is 1.84. The van der Waals surface area contributed by atoms with Crippen molar-refractivity contribution >= 4 is 11.6 Å². The zero-order valence-electron chi connectivity index (χ0n) is 7.52. The molecular weight excluding hydrogens is 170 g/mol. The van der Waals surface area contributed by atoms with Gasteiger partial charge in [-0.15, -0.1) is 0 Å². The van der Waals surface area contributed by atoms with Crippen LogP contribution in [0.15, 0.2) is 47.8 Å². The Morgan fingerprint density at radius 3 is 2.42 bits per heavy atom. The Balaban J connectivity index is 4.26. The predicted octanol–water partition coefficient (Wildman–Crippen LogP) is 3.32. The molecule has 0 rings (SSSR count). The maximum atomic E-state index is 5.87. The molecule has 0 heterocycles. The van der Waals surface area contributed by atoms with Gasteiger partial charge in [0.25, 0.3) is 0 Å². The number of rotatable bonds is 4. The summed E-state index contributed by atoms with van der Waals surface area (Å²) in [6.45, 7) is 11.0. The molecule has 0 fully saturated rings. The lowest BCUT2D eigenvalue weighted by Gasteiger charge is -2.00. The van der Waals surface area contributed by atoms with Gasteiger partial charge in [0, 0.05) is 16.9 Å². The Kier molecular flexibility index (Phi) is 5.22. The predicted molar refractivity (Wildman–Crippen MR) is 55.8 cm³/mol. The summed E-state index contributed by atoms with van der Waals surface area (Å²) in [4.78, 5) is 0. The van der Waals surface area contributed by atoms with E-state index in [-0.39, 0.29) is 0 Å². The minimum Gasteiger partial charge on any atom is -0.365 e. The third-order valence-corrected chi connectivity index (χ3v) is 1.60. The van der Waals surface area contributed by atoms with Crippen LogP contribution in [0.2, 0.25) is 0 Å². The third-order valence-electron chi connectivity index (χ3n) is 1.18. The quantitative estimate of drug-likeness (QED) is 0.660. The zero-order chi connectivity index (χ0) is 9.56. The lowest BCUT2D eigenvalue weighted by molar-refractivity contribution is 1.05. The van der Waals surface area contributed by atoms with Gasteiger partial charge in [0.15, 0.2) is 0 Å². The molecule has 0 aromatic rings. The highest BCUT2D eigenvalue weighted by Gasteiger charge is 1.92. The van der Waals surface area contributed by atoms with E-state index in [1.165, 1.54) is 0 Å². The molecule has 0 saturated heterocycles. The fourth-order valence-corrected chi connectivity index (χ4v) is 0.679. The largest absolute Gasteiger partial charge is 0.365 e. The van der Waals surface area contributed by atoms with Gasteiger partial charge in [-0.25, -0.2) is 0 Å². The van der Waals surface area contributed by atoms with Crippen LogP contribution in [-0.4, -0.2) is 0 Å². The Morgan fingerprint density at radius 1 is 1.42 bits per heavy atom. The lowest BCUT2D eigenvalue weighted by Crippen LogP contribution is -2.00. The molecule has 0 radical (unpaired) electrons. The molecule has 0 amide bonds. The second-order valence-electron chi connectivity index (χ2n) is 2.50. The maximum absolute atomic E-state index is 5.87. The first-order chi connectivity index (χ1) is 5.57. The molecule has 1 N–H and O–H groups in total. The third kappa shape index (κ3) is 4.80. The molecule has 66 valence electrons. The van der Waals surface area contributed by atoms with Crippen LogP contribution in [0, 0.1) is 0 Å². The molecule has 0 aliphatic rings. The van der Waals surface area contributed by atoms with E-state index in [0.29, 0.717) is 5.03 Å². The van der Waals surface area contributed by atoms with E-state index in [2.05, 4.69) is 18.5 Å². The van der Waals surface area contributed by atoms with E-state index >= 15 is 0 Å². The summed E-state index contributed by atoms with van der Waals surface area (Å²) < 4.78 is 0. The molecule has 2 heteroatoms. The van der Waals surface area contributed by atoms with Gasteiger partial charge >= 0.3 is 0 Å². The van der Waals surface area contributed by atoms with E-state index in [1.54, 1.807) is 12.2 Å². The smallest absolute Gasteiger partial charge is 0.0449 e. The first-order valence-electron chi connectivity index (χ1n) is 3.65. The molecule has 12 heavy (non-hydrogen) atoms. The Bertz CT molecular complexity index is 236. The molecule has 1 nitrogen and oxygen atoms in total. The van der Waals surface area contributed by atoms with Crippen LogP contribution < -0.4 is 5.32 Å². The second kappa shape index (κ2) is 5.67. The summed E-state index contributed by atoms with van der Waals surface area (Å²) >= 11 is 5.87. The highest BCUT2D eigenvalue weighted by atomic mass is 35.5. The number of hydrogen-bond acceptors (Lipinski definition) is 1. The van der Waals surface area contributed by atoms with Crippen LogP contribution >= 0.6 is 11.6 Å². The van der Waals surface area contributed by atoms with Crippen molar-refractivity contribution in [2.45, 2.75) is 13.8 Å². The summed E-state index contributed by atoms with van der Waals surface area (Å²) in [7, 11) is 0. The number of halogens is 1. The van der Waals surface area contributed by atoms with Gasteiger partial charge in [0.1, 0.15) is 0 Å². The lowest BCUT2D eigenvalue weighted by atomic mass is 10.3. The number of nitrogens with one attached hydrogen (secondary N) is 1. The highest BCUT2D eigenvalue weighted by molar-refractivity contribution is 6.32. The SMILES string of the molecule is C=C/C=C(Cl)\C(C)=C/NC(=C)C. The van der Waals surface area contributed by atoms with Gasteiger partial charge in [-0.05, 0) is 25.5 Å². The topological polar surface area (TPSA) is 12.0 Å². The van der Waals surface area contributed by atoms with Crippen molar-refractivity contribution in [3.05, 3.63) is 47.8 Å². The van der Waals surface area contributed by atoms with E-state index in [9.17, 15) is 0 Å². The summed E-state index contributed by atoms with van der Waals surface area (Å²) in [6.07, 6.45) is 5.21. The zero-order valence-corrected chi connectivity index (χ0v) is 8.28. The van der Waals surface area contributed by atoms with Gasteiger partial charge in [0.2, 0.25) is 0 Å². The summed E-state index contributed by atoms with van der Waals surface area (Å²) in [5.74, 6) is 0. The van der Waals surface area contributed by atoms with Crippen molar-refractivity contribution in [2.75, 3.05) is 0 Å². The van der Waals surface area contributed by atoms with Crippen LogP contribution in [-0.2, 0) is 0 Å². The summed E-state index contributed by atoms with van der Waals surface area (Å²) in [6, 6.07) is 0. The minimum absolute atomic E-state index is 0.679. The van der Waals surface area contributed by atoms with Crippen molar-refractivity contribution in [1.29, 1.82) is 0 Å². The van der Waals surface area contributed by atoms with Gasteiger partial charge in [-0.3, -0.25) is 0 Å². The average Bonchev–Trinajstić information content (AvgIpc) is 2.00. The highest BCUT2D eigenvalue weighted by Crippen LogP contribution is 2.12. The van der Waals surface area contributed by atoms with Gasteiger partial charge in [0.05, 0.1) is 0 Å². The van der Waals surface area contributed by atoms with E-state index in [4.69, 9.17) is 11.6 Å². The van der Waals surface area contributed by atoms with E-state index in [0.717, 1.165) is 11.3 Å².